The maximum Gasteiger partial charge on any atom is 0.247 e. The normalized spacial score (nSPS) is 17.9. The Kier molecular flexibility index (Phi) is 3.44. The van der Waals surface area contributed by atoms with Crippen molar-refractivity contribution in [1.29, 1.82) is 0 Å². The molecule has 2 N–H and O–H groups in total. The Bertz CT molecular complexity index is 642. The lowest BCUT2D eigenvalue weighted by molar-refractivity contribution is 0.220. The predicted octanol–water partition coefficient (Wildman–Crippen LogP) is 3.27. The van der Waals surface area contributed by atoms with E-state index in [-0.39, 0.29) is 17.3 Å². The van der Waals surface area contributed by atoms with Gasteiger partial charge in [0, 0.05) is 5.56 Å². The number of benzene rings is 1. The van der Waals surface area contributed by atoms with Crippen LogP contribution in [-0.2, 0) is 5.54 Å². The smallest absolute Gasteiger partial charge is 0.247 e. The molecule has 0 radical (unpaired) electrons. The SMILES string of the molecule is NC1(c2nc(-c3cc(F)c(F)c(F)c3)no2)CCCCC1. The summed E-state index contributed by atoms with van der Waals surface area (Å²) in [5.41, 5.74) is 5.57. The Morgan fingerprint density at radius 1 is 1.05 bits per heavy atom. The molecule has 0 atom stereocenters. The van der Waals surface area contributed by atoms with Crippen molar-refractivity contribution in [2.45, 2.75) is 37.6 Å². The predicted molar refractivity (Wildman–Crippen MR) is 68.6 cm³/mol. The number of nitrogens with zero attached hydrogens (tertiary/aromatic N) is 2. The summed E-state index contributed by atoms with van der Waals surface area (Å²) >= 11 is 0. The summed E-state index contributed by atoms with van der Waals surface area (Å²) in [6.45, 7) is 0. The van der Waals surface area contributed by atoms with Gasteiger partial charge in [-0.05, 0) is 25.0 Å². The second-order valence-electron chi connectivity index (χ2n) is 5.39. The third-order valence-corrected chi connectivity index (χ3v) is 3.84. The maximum absolute atomic E-state index is 13.2. The van der Waals surface area contributed by atoms with Crippen LogP contribution in [0.4, 0.5) is 13.2 Å². The first-order valence-corrected chi connectivity index (χ1v) is 6.77. The highest BCUT2D eigenvalue weighted by Gasteiger charge is 2.35. The maximum atomic E-state index is 13.2. The van der Waals surface area contributed by atoms with E-state index in [1.165, 1.54) is 0 Å². The van der Waals surface area contributed by atoms with Crippen LogP contribution >= 0.6 is 0 Å². The lowest BCUT2D eigenvalue weighted by Crippen LogP contribution is -2.38. The molecule has 0 bridgehead atoms. The van der Waals surface area contributed by atoms with E-state index in [0.717, 1.165) is 44.2 Å². The van der Waals surface area contributed by atoms with E-state index in [4.69, 9.17) is 10.3 Å². The molecule has 1 heterocycles. The highest BCUT2D eigenvalue weighted by Crippen LogP contribution is 2.34. The molecule has 21 heavy (non-hydrogen) atoms. The number of nitrogens with two attached hydrogens (primary N) is 1. The summed E-state index contributed by atoms with van der Waals surface area (Å²) in [5, 5.41) is 3.70. The van der Waals surface area contributed by atoms with Crippen molar-refractivity contribution < 1.29 is 17.7 Å². The molecule has 1 aromatic heterocycles. The summed E-state index contributed by atoms with van der Waals surface area (Å²) < 4.78 is 44.6. The summed E-state index contributed by atoms with van der Waals surface area (Å²) in [4.78, 5) is 4.13. The van der Waals surface area contributed by atoms with Gasteiger partial charge in [-0.3, -0.25) is 0 Å². The van der Waals surface area contributed by atoms with E-state index >= 15 is 0 Å². The average molecular weight is 297 g/mol. The molecule has 0 saturated heterocycles. The second kappa shape index (κ2) is 5.14. The molecule has 2 aromatic rings. The first-order valence-electron chi connectivity index (χ1n) is 6.77. The van der Waals surface area contributed by atoms with Crippen LogP contribution in [0, 0.1) is 17.5 Å². The van der Waals surface area contributed by atoms with Gasteiger partial charge in [0.15, 0.2) is 17.5 Å². The minimum atomic E-state index is -1.52. The van der Waals surface area contributed by atoms with Crippen molar-refractivity contribution in [2.24, 2.45) is 5.73 Å². The topological polar surface area (TPSA) is 64.9 Å². The number of rotatable bonds is 2. The van der Waals surface area contributed by atoms with Gasteiger partial charge in [0.25, 0.3) is 0 Å². The molecule has 0 unspecified atom stereocenters. The van der Waals surface area contributed by atoms with Gasteiger partial charge in [-0.15, -0.1) is 0 Å². The highest BCUT2D eigenvalue weighted by molar-refractivity contribution is 5.54. The molecule has 1 saturated carbocycles. The third kappa shape index (κ3) is 2.53. The van der Waals surface area contributed by atoms with Crippen LogP contribution in [-0.4, -0.2) is 10.1 Å². The molecular formula is C14H14F3N3O. The van der Waals surface area contributed by atoms with E-state index in [2.05, 4.69) is 10.1 Å². The van der Waals surface area contributed by atoms with Crippen molar-refractivity contribution in [3.05, 3.63) is 35.5 Å². The number of halogens is 3. The van der Waals surface area contributed by atoms with Gasteiger partial charge in [-0.25, -0.2) is 13.2 Å². The van der Waals surface area contributed by atoms with E-state index in [0.29, 0.717) is 0 Å². The van der Waals surface area contributed by atoms with Gasteiger partial charge in [-0.2, -0.15) is 4.98 Å². The van der Waals surface area contributed by atoms with Gasteiger partial charge in [0.1, 0.15) is 0 Å². The van der Waals surface area contributed by atoms with Crippen LogP contribution in [0.15, 0.2) is 16.7 Å². The molecule has 112 valence electrons. The Hall–Kier alpha value is -1.89. The van der Waals surface area contributed by atoms with Crippen LogP contribution in [0.1, 0.15) is 38.0 Å². The minimum absolute atomic E-state index is 0.00167. The monoisotopic (exact) mass is 297 g/mol. The van der Waals surface area contributed by atoms with E-state index in [1.54, 1.807) is 0 Å². The fourth-order valence-electron chi connectivity index (χ4n) is 2.62. The summed E-state index contributed by atoms with van der Waals surface area (Å²) in [6, 6.07) is 1.66. The summed E-state index contributed by atoms with van der Waals surface area (Å²) in [5.74, 6) is -3.86. The molecule has 1 aliphatic rings. The average Bonchev–Trinajstić information content (AvgIpc) is 2.95. The highest BCUT2D eigenvalue weighted by atomic mass is 19.2. The molecule has 0 aliphatic heterocycles. The Labute approximate surface area is 119 Å². The fraction of sp³-hybridized carbons (Fsp3) is 0.429. The molecule has 1 aromatic carbocycles. The largest absolute Gasteiger partial charge is 0.337 e. The Morgan fingerprint density at radius 3 is 2.29 bits per heavy atom. The van der Waals surface area contributed by atoms with Gasteiger partial charge in [0.2, 0.25) is 11.7 Å². The standard InChI is InChI=1S/C14H14F3N3O/c15-9-6-8(7-10(16)11(9)17)12-19-13(21-20-12)14(18)4-2-1-3-5-14/h6-7H,1-5,18H2. The van der Waals surface area contributed by atoms with Crippen LogP contribution in [0.25, 0.3) is 11.4 Å². The van der Waals surface area contributed by atoms with E-state index < -0.39 is 23.0 Å². The Morgan fingerprint density at radius 2 is 1.67 bits per heavy atom. The zero-order chi connectivity index (χ0) is 15.0. The summed E-state index contributed by atoms with van der Waals surface area (Å²) in [6.07, 6.45) is 4.48. The third-order valence-electron chi connectivity index (χ3n) is 3.84. The molecule has 4 nitrogen and oxygen atoms in total. The first-order chi connectivity index (χ1) is 9.99. The molecule has 1 aliphatic carbocycles. The molecule has 1 fully saturated rings. The van der Waals surface area contributed by atoms with Gasteiger partial charge < -0.3 is 10.3 Å². The molecule has 0 amide bonds. The molecular weight excluding hydrogens is 283 g/mol. The zero-order valence-electron chi connectivity index (χ0n) is 11.2. The first kappa shape index (κ1) is 14.1. The minimum Gasteiger partial charge on any atom is -0.337 e. The molecule has 7 heteroatoms. The van der Waals surface area contributed by atoms with Crippen molar-refractivity contribution in [3.63, 3.8) is 0 Å². The number of aromatic nitrogens is 2. The quantitative estimate of drug-likeness (QED) is 0.864. The number of hydrogen-bond donors (Lipinski definition) is 1. The van der Waals surface area contributed by atoms with Crippen molar-refractivity contribution in [3.8, 4) is 11.4 Å². The van der Waals surface area contributed by atoms with Crippen LogP contribution in [0.3, 0.4) is 0 Å². The van der Waals surface area contributed by atoms with Gasteiger partial charge >= 0.3 is 0 Å². The fourth-order valence-corrected chi connectivity index (χ4v) is 2.62. The van der Waals surface area contributed by atoms with Crippen LogP contribution < -0.4 is 5.73 Å². The lowest BCUT2D eigenvalue weighted by Gasteiger charge is -2.29. The van der Waals surface area contributed by atoms with Crippen LogP contribution in [0.2, 0.25) is 0 Å². The van der Waals surface area contributed by atoms with Crippen molar-refractivity contribution >= 4 is 0 Å². The van der Waals surface area contributed by atoms with Crippen LogP contribution in [0.5, 0.6) is 0 Å². The van der Waals surface area contributed by atoms with E-state index in [9.17, 15) is 13.2 Å². The number of hydrogen-bond acceptors (Lipinski definition) is 4. The molecule has 0 spiro atoms. The Balaban J connectivity index is 1.95. The van der Waals surface area contributed by atoms with Gasteiger partial charge in [0.05, 0.1) is 5.54 Å². The lowest BCUT2D eigenvalue weighted by atomic mass is 9.82. The van der Waals surface area contributed by atoms with Gasteiger partial charge in [-0.1, -0.05) is 24.4 Å². The van der Waals surface area contributed by atoms with Crippen molar-refractivity contribution in [2.75, 3.05) is 0 Å². The molecule has 3 rings (SSSR count). The zero-order valence-corrected chi connectivity index (χ0v) is 11.2. The second-order valence-corrected chi connectivity index (χ2v) is 5.39. The summed E-state index contributed by atoms with van der Waals surface area (Å²) in [7, 11) is 0. The van der Waals surface area contributed by atoms with E-state index in [1.807, 2.05) is 0 Å². The van der Waals surface area contributed by atoms with Crippen molar-refractivity contribution in [1.82, 2.24) is 10.1 Å².